The third kappa shape index (κ3) is 4.30. The Morgan fingerprint density at radius 2 is 1.81 bits per heavy atom. The minimum atomic E-state index is -0.0349. The summed E-state index contributed by atoms with van der Waals surface area (Å²) in [6.45, 7) is 5.60. The molecule has 1 saturated heterocycles. The second-order valence-corrected chi connectivity index (χ2v) is 8.40. The number of carbonyl (C=O) groups excluding carboxylic acids is 1. The zero-order valence-electron chi connectivity index (χ0n) is 18.4. The molecule has 164 valence electrons. The maximum atomic E-state index is 11.8. The summed E-state index contributed by atoms with van der Waals surface area (Å²) in [6, 6.07) is 15.5. The lowest BCUT2D eigenvalue weighted by Gasteiger charge is -2.29. The molecule has 7 heteroatoms. The molecular formula is C25H27N5O2. The van der Waals surface area contributed by atoms with Crippen molar-refractivity contribution in [1.82, 2.24) is 14.7 Å². The highest BCUT2D eigenvalue weighted by Crippen LogP contribution is 2.32. The third-order valence-corrected chi connectivity index (χ3v) is 5.90. The van der Waals surface area contributed by atoms with E-state index in [1.807, 2.05) is 36.4 Å². The Kier molecular flexibility index (Phi) is 6.13. The number of benzene rings is 2. The van der Waals surface area contributed by atoms with E-state index in [2.05, 4.69) is 37.3 Å². The van der Waals surface area contributed by atoms with Gasteiger partial charge in [-0.1, -0.05) is 26.0 Å². The van der Waals surface area contributed by atoms with Crippen LogP contribution in [0.2, 0.25) is 0 Å². The molecule has 7 nitrogen and oxygen atoms in total. The van der Waals surface area contributed by atoms with E-state index in [0.29, 0.717) is 35.3 Å². The highest BCUT2D eigenvalue weighted by Gasteiger charge is 2.26. The number of hydrogen-bond acceptors (Lipinski definition) is 6. The molecule has 0 saturated carbocycles. The average Bonchev–Trinajstić information content (AvgIpc) is 3.16. The quantitative estimate of drug-likeness (QED) is 0.438. The molecule has 0 spiro atoms. The summed E-state index contributed by atoms with van der Waals surface area (Å²) < 4.78 is 7.65. The summed E-state index contributed by atoms with van der Waals surface area (Å²) in [6.07, 6.45) is 4.69. The standard InChI is InChI=1S/C25H27N5O2/c1-17(2)18-5-9-21(10-6-18)32-22-11-7-19(8-12-22)24-23(15-31)25(27)30(28-24)20-4-3-13-29(14-20)16-26/h5-12,15,17,20H,3-4,13-14,27H2,1-2H3. The Labute approximate surface area is 188 Å². The van der Waals surface area contributed by atoms with Crippen molar-refractivity contribution < 1.29 is 9.53 Å². The number of nitrogens with zero attached hydrogens (tertiary/aromatic N) is 4. The molecule has 2 aromatic carbocycles. The number of nitrogen functional groups attached to an aromatic ring is 1. The van der Waals surface area contributed by atoms with E-state index in [1.165, 1.54) is 5.56 Å². The number of aldehydes is 1. The molecule has 2 heterocycles. The van der Waals surface area contributed by atoms with E-state index in [1.54, 1.807) is 9.58 Å². The molecular weight excluding hydrogens is 402 g/mol. The highest BCUT2D eigenvalue weighted by molar-refractivity contribution is 5.91. The van der Waals surface area contributed by atoms with Gasteiger partial charge < -0.3 is 15.4 Å². The molecule has 0 amide bonds. The smallest absolute Gasteiger partial charge is 0.179 e. The van der Waals surface area contributed by atoms with Crippen molar-refractivity contribution in [2.75, 3.05) is 18.8 Å². The van der Waals surface area contributed by atoms with Crippen LogP contribution in [0, 0.1) is 11.5 Å². The number of nitrogens with two attached hydrogens (primary N) is 1. The number of likely N-dealkylation sites (tertiary alicyclic amines) is 1. The van der Waals surface area contributed by atoms with Gasteiger partial charge in [-0.2, -0.15) is 10.4 Å². The number of carbonyl (C=O) groups is 1. The van der Waals surface area contributed by atoms with E-state index in [9.17, 15) is 10.1 Å². The lowest BCUT2D eigenvalue weighted by Crippen LogP contribution is -2.34. The molecule has 1 aliphatic heterocycles. The van der Waals surface area contributed by atoms with Crippen molar-refractivity contribution in [3.63, 3.8) is 0 Å². The lowest BCUT2D eigenvalue weighted by atomic mass is 10.0. The minimum absolute atomic E-state index is 0.0349. The molecule has 0 aliphatic carbocycles. The van der Waals surface area contributed by atoms with Crippen molar-refractivity contribution in [1.29, 1.82) is 5.26 Å². The van der Waals surface area contributed by atoms with Crippen LogP contribution in [0.5, 0.6) is 11.5 Å². The number of aromatic nitrogens is 2. The number of hydrogen-bond donors (Lipinski definition) is 1. The van der Waals surface area contributed by atoms with Crippen LogP contribution in [0.1, 0.15) is 54.6 Å². The topological polar surface area (TPSA) is 97.2 Å². The molecule has 1 atom stereocenters. The van der Waals surface area contributed by atoms with E-state index in [-0.39, 0.29) is 6.04 Å². The summed E-state index contributed by atoms with van der Waals surface area (Å²) in [5.41, 5.74) is 9.24. The molecule has 4 rings (SSSR count). The van der Waals surface area contributed by atoms with Gasteiger partial charge in [0.2, 0.25) is 0 Å². The highest BCUT2D eigenvalue weighted by atomic mass is 16.5. The Hall–Kier alpha value is -3.79. The van der Waals surface area contributed by atoms with Crippen LogP contribution in [0.15, 0.2) is 48.5 Å². The molecule has 32 heavy (non-hydrogen) atoms. The van der Waals surface area contributed by atoms with E-state index >= 15 is 0 Å². The summed E-state index contributed by atoms with van der Waals surface area (Å²) in [7, 11) is 0. The zero-order chi connectivity index (χ0) is 22.7. The normalized spacial score (nSPS) is 16.1. The maximum absolute atomic E-state index is 11.8. The first kappa shape index (κ1) is 21.4. The second kappa shape index (κ2) is 9.15. The fourth-order valence-electron chi connectivity index (χ4n) is 4.05. The van der Waals surface area contributed by atoms with Gasteiger partial charge in [-0.3, -0.25) is 4.79 Å². The van der Waals surface area contributed by atoms with Crippen molar-refractivity contribution >= 4 is 12.1 Å². The van der Waals surface area contributed by atoms with Gasteiger partial charge in [-0.15, -0.1) is 0 Å². The van der Waals surface area contributed by atoms with Gasteiger partial charge in [0.05, 0.1) is 18.2 Å². The van der Waals surface area contributed by atoms with Gasteiger partial charge >= 0.3 is 0 Å². The van der Waals surface area contributed by atoms with Crippen LogP contribution in [0.3, 0.4) is 0 Å². The summed E-state index contributed by atoms with van der Waals surface area (Å²) >= 11 is 0. The Bertz CT molecular complexity index is 1130. The minimum Gasteiger partial charge on any atom is -0.457 e. The fraction of sp³-hybridized carbons (Fsp3) is 0.320. The summed E-state index contributed by atoms with van der Waals surface area (Å²) in [4.78, 5) is 13.5. The van der Waals surface area contributed by atoms with Crippen LogP contribution < -0.4 is 10.5 Å². The number of piperidine rings is 1. The average molecular weight is 430 g/mol. The second-order valence-electron chi connectivity index (χ2n) is 8.40. The molecule has 2 N–H and O–H groups in total. The largest absolute Gasteiger partial charge is 0.457 e. The van der Waals surface area contributed by atoms with Gasteiger partial charge in [0.15, 0.2) is 12.5 Å². The van der Waals surface area contributed by atoms with Crippen molar-refractivity contribution in [3.8, 4) is 28.9 Å². The van der Waals surface area contributed by atoms with Crippen molar-refractivity contribution in [2.45, 2.75) is 38.6 Å². The lowest BCUT2D eigenvalue weighted by molar-refractivity contribution is 0.112. The van der Waals surface area contributed by atoms with E-state index in [0.717, 1.165) is 37.0 Å². The predicted molar refractivity (Wildman–Crippen MR) is 124 cm³/mol. The first-order chi connectivity index (χ1) is 15.5. The van der Waals surface area contributed by atoms with Gasteiger partial charge in [0, 0.05) is 12.1 Å². The van der Waals surface area contributed by atoms with Crippen LogP contribution in [0.4, 0.5) is 5.82 Å². The summed E-state index contributed by atoms with van der Waals surface area (Å²) in [5.74, 6) is 2.27. The number of rotatable bonds is 6. The first-order valence-electron chi connectivity index (χ1n) is 10.9. The molecule has 3 aromatic rings. The zero-order valence-corrected chi connectivity index (χ0v) is 18.4. The molecule has 1 aromatic heterocycles. The number of ether oxygens (including phenoxy) is 1. The van der Waals surface area contributed by atoms with Crippen LogP contribution >= 0.6 is 0 Å². The molecule has 0 radical (unpaired) electrons. The van der Waals surface area contributed by atoms with Crippen LogP contribution in [-0.2, 0) is 0 Å². The monoisotopic (exact) mass is 429 g/mol. The van der Waals surface area contributed by atoms with Crippen LogP contribution in [0.25, 0.3) is 11.3 Å². The Morgan fingerprint density at radius 1 is 1.16 bits per heavy atom. The van der Waals surface area contributed by atoms with Gasteiger partial charge in [-0.25, -0.2) is 4.68 Å². The molecule has 1 aliphatic rings. The van der Waals surface area contributed by atoms with E-state index < -0.39 is 0 Å². The SMILES string of the molecule is CC(C)c1ccc(Oc2ccc(-c3nn(C4CCCN(C#N)C4)c(N)c3C=O)cc2)cc1. The van der Waals surface area contributed by atoms with Crippen molar-refractivity contribution in [3.05, 3.63) is 59.7 Å². The maximum Gasteiger partial charge on any atom is 0.179 e. The van der Waals surface area contributed by atoms with Crippen molar-refractivity contribution in [2.24, 2.45) is 0 Å². The number of anilines is 1. The summed E-state index contributed by atoms with van der Waals surface area (Å²) in [5, 5.41) is 13.9. The van der Waals surface area contributed by atoms with E-state index in [4.69, 9.17) is 10.5 Å². The van der Waals surface area contributed by atoms with Gasteiger partial charge in [0.25, 0.3) is 0 Å². The fourth-order valence-corrected chi connectivity index (χ4v) is 4.05. The molecule has 0 bridgehead atoms. The van der Waals surface area contributed by atoms with Crippen LogP contribution in [-0.4, -0.2) is 34.1 Å². The third-order valence-electron chi connectivity index (χ3n) is 5.90. The van der Waals surface area contributed by atoms with Gasteiger partial charge in [-0.05, 0) is 60.7 Å². The molecule has 1 fully saturated rings. The predicted octanol–water partition coefficient (Wildman–Crippen LogP) is 4.98. The molecule has 1 unspecified atom stereocenters. The first-order valence-corrected chi connectivity index (χ1v) is 10.9. The Morgan fingerprint density at radius 3 is 2.41 bits per heavy atom. The number of nitriles is 1. The Balaban J connectivity index is 1.56. The van der Waals surface area contributed by atoms with Gasteiger partial charge in [0.1, 0.15) is 23.0 Å².